The largest absolute Gasteiger partial charge is 0.481 e. The zero-order chi connectivity index (χ0) is 12.5. The molecule has 0 radical (unpaired) electrons. The highest BCUT2D eigenvalue weighted by Crippen LogP contribution is 2.34. The molecule has 2 aliphatic rings. The number of carbonyl (C=O) groups is 1. The van der Waals surface area contributed by atoms with Crippen LogP contribution >= 0.6 is 0 Å². The number of carboxylic acid groups (broad SMARTS) is 1. The average molecular weight is 246 g/mol. The third-order valence-corrected chi connectivity index (χ3v) is 3.33. The maximum absolute atomic E-state index is 10.9. The van der Waals surface area contributed by atoms with Gasteiger partial charge in [-0.15, -0.1) is 0 Å². The molecule has 0 saturated carbocycles. The van der Waals surface area contributed by atoms with Crippen LogP contribution < -0.4 is 0 Å². The van der Waals surface area contributed by atoms with Gasteiger partial charge < -0.3 is 24.1 Å². The minimum absolute atomic E-state index is 0.196. The average Bonchev–Trinajstić information content (AvgIpc) is 2.34. The van der Waals surface area contributed by atoms with E-state index in [1.807, 2.05) is 0 Å². The van der Waals surface area contributed by atoms with Crippen molar-refractivity contribution in [2.45, 2.75) is 31.8 Å². The summed E-state index contributed by atoms with van der Waals surface area (Å²) in [4.78, 5) is 10.9. The lowest BCUT2D eigenvalue weighted by molar-refractivity contribution is -0.400. The highest BCUT2D eigenvalue weighted by molar-refractivity contribution is 5.70. The van der Waals surface area contributed by atoms with Crippen LogP contribution in [0.4, 0.5) is 0 Å². The minimum Gasteiger partial charge on any atom is -0.481 e. The van der Waals surface area contributed by atoms with Gasteiger partial charge in [-0.3, -0.25) is 4.79 Å². The van der Waals surface area contributed by atoms with E-state index in [1.165, 1.54) is 0 Å². The Morgan fingerprint density at radius 3 is 2.18 bits per heavy atom. The van der Waals surface area contributed by atoms with Gasteiger partial charge in [-0.2, -0.15) is 0 Å². The van der Waals surface area contributed by atoms with Crippen LogP contribution in [0.15, 0.2) is 0 Å². The summed E-state index contributed by atoms with van der Waals surface area (Å²) in [6, 6.07) is 0. The lowest BCUT2D eigenvalue weighted by Crippen LogP contribution is -2.59. The molecule has 1 atom stereocenters. The molecule has 2 aliphatic heterocycles. The summed E-state index contributed by atoms with van der Waals surface area (Å²) in [5.74, 6) is -3.67. The molecule has 0 bridgehead atoms. The van der Waals surface area contributed by atoms with Crippen molar-refractivity contribution in [3.05, 3.63) is 0 Å². The molecule has 0 aromatic heterocycles. The highest BCUT2D eigenvalue weighted by Gasteiger charge is 2.49. The Balaban J connectivity index is 1.99. The summed E-state index contributed by atoms with van der Waals surface area (Å²) in [5.41, 5.74) is 0. The predicted molar refractivity (Wildman–Crippen MR) is 56.4 cm³/mol. The molecule has 2 saturated heterocycles. The molecule has 2 heterocycles. The smallest absolute Gasteiger partial charge is 0.311 e. The van der Waals surface area contributed by atoms with Crippen LogP contribution in [0, 0.1) is 5.92 Å². The first-order valence-corrected chi connectivity index (χ1v) is 5.76. The van der Waals surface area contributed by atoms with Gasteiger partial charge in [-0.05, 0) is 20.3 Å². The molecule has 2 rings (SSSR count). The van der Waals surface area contributed by atoms with Crippen LogP contribution in [0.1, 0.15) is 20.3 Å². The molecule has 6 heteroatoms. The first-order chi connectivity index (χ1) is 7.98. The molecule has 1 N–H and O–H groups in total. The van der Waals surface area contributed by atoms with E-state index < -0.39 is 23.5 Å². The highest BCUT2D eigenvalue weighted by atomic mass is 16.8. The molecule has 17 heavy (non-hydrogen) atoms. The number of ether oxygens (including phenoxy) is 4. The van der Waals surface area contributed by atoms with Gasteiger partial charge in [-0.1, -0.05) is 0 Å². The second-order valence-corrected chi connectivity index (χ2v) is 4.61. The molecule has 0 aromatic carbocycles. The molecular weight excluding hydrogens is 228 g/mol. The summed E-state index contributed by atoms with van der Waals surface area (Å²) >= 11 is 0. The summed E-state index contributed by atoms with van der Waals surface area (Å²) in [7, 11) is 0. The van der Waals surface area contributed by atoms with Crippen molar-refractivity contribution in [1.82, 2.24) is 0 Å². The molecule has 6 nitrogen and oxygen atoms in total. The van der Waals surface area contributed by atoms with Gasteiger partial charge in [0.05, 0.1) is 13.2 Å². The molecule has 0 aliphatic carbocycles. The van der Waals surface area contributed by atoms with Crippen LogP contribution in [0.2, 0.25) is 0 Å². The quantitative estimate of drug-likeness (QED) is 0.769. The van der Waals surface area contributed by atoms with Gasteiger partial charge in [0.1, 0.15) is 19.1 Å². The molecule has 0 amide bonds. The van der Waals surface area contributed by atoms with E-state index in [4.69, 9.17) is 24.1 Å². The predicted octanol–water partition coefficient (Wildman–Crippen LogP) is 0.603. The first-order valence-electron chi connectivity index (χ1n) is 5.76. The van der Waals surface area contributed by atoms with Crippen molar-refractivity contribution >= 4 is 5.97 Å². The van der Waals surface area contributed by atoms with Gasteiger partial charge in [0.2, 0.25) is 5.79 Å². The Hall–Kier alpha value is -0.690. The van der Waals surface area contributed by atoms with Crippen molar-refractivity contribution in [1.29, 1.82) is 0 Å². The number of carboxylic acids is 1. The Morgan fingerprint density at radius 2 is 1.71 bits per heavy atom. The SMILES string of the molecule is CC(C(=O)O)C1(C)OCC2(CO1)OCCCO2. The fraction of sp³-hybridized carbons (Fsp3) is 0.909. The lowest BCUT2D eigenvalue weighted by atomic mass is 10.0. The van der Waals surface area contributed by atoms with Crippen molar-refractivity contribution in [3.8, 4) is 0 Å². The second-order valence-electron chi connectivity index (χ2n) is 4.61. The van der Waals surface area contributed by atoms with Gasteiger partial charge >= 0.3 is 5.97 Å². The van der Waals surface area contributed by atoms with Crippen LogP contribution in [-0.4, -0.2) is 49.1 Å². The summed E-state index contributed by atoms with van der Waals surface area (Å²) in [6.07, 6.45) is 0.852. The van der Waals surface area contributed by atoms with E-state index in [1.54, 1.807) is 13.8 Å². The van der Waals surface area contributed by atoms with Crippen molar-refractivity contribution in [2.75, 3.05) is 26.4 Å². The van der Waals surface area contributed by atoms with E-state index in [0.717, 1.165) is 6.42 Å². The Bertz CT molecular complexity index is 286. The molecule has 98 valence electrons. The molecular formula is C11H18O6. The van der Waals surface area contributed by atoms with E-state index in [9.17, 15) is 4.79 Å². The Labute approximate surface area is 99.8 Å². The summed E-state index contributed by atoms with van der Waals surface area (Å²) in [6.45, 7) is 4.79. The Kier molecular flexibility index (Phi) is 3.40. The fourth-order valence-electron chi connectivity index (χ4n) is 1.85. The van der Waals surface area contributed by atoms with Gasteiger partial charge in [-0.25, -0.2) is 0 Å². The summed E-state index contributed by atoms with van der Waals surface area (Å²) < 4.78 is 22.1. The van der Waals surface area contributed by atoms with E-state index in [0.29, 0.717) is 13.2 Å². The van der Waals surface area contributed by atoms with Crippen LogP contribution in [0.3, 0.4) is 0 Å². The zero-order valence-electron chi connectivity index (χ0n) is 10.1. The number of hydrogen-bond donors (Lipinski definition) is 1. The van der Waals surface area contributed by atoms with Crippen molar-refractivity contribution < 1.29 is 28.8 Å². The third-order valence-electron chi connectivity index (χ3n) is 3.33. The molecule has 1 spiro atoms. The molecule has 1 unspecified atom stereocenters. The van der Waals surface area contributed by atoms with Gasteiger partial charge in [0.15, 0.2) is 5.79 Å². The van der Waals surface area contributed by atoms with Crippen molar-refractivity contribution in [2.24, 2.45) is 5.92 Å². The minimum atomic E-state index is -1.12. The zero-order valence-corrected chi connectivity index (χ0v) is 10.1. The number of rotatable bonds is 2. The van der Waals surface area contributed by atoms with Gasteiger partial charge in [0.25, 0.3) is 0 Å². The first kappa shape index (κ1) is 12.8. The fourth-order valence-corrected chi connectivity index (χ4v) is 1.85. The van der Waals surface area contributed by atoms with Gasteiger partial charge in [0, 0.05) is 0 Å². The number of hydrogen-bond acceptors (Lipinski definition) is 5. The maximum atomic E-state index is 10.9. The van der Waals surface area contributed by atoms with E-state index in [-0.39, 0.29) is 13.2 Å². The number of aliphatic carboxylic acids is 1. The lowest BCUT2D eigenvalue weighted by Gasteiger charge is -2.46. The van der Waals surface area contributed by atoms with E-state index >= 15 is 0 Å². The summed E-state index contributed by atoms with van der Waals surface area (Å²) in [5, 5.41) is 8.98. The van der Waals surface area contributed by atoms with Crippen LogP contribution in [-0.2, 0) is 23.7 Å². The topological polar surface area (TPSA) is 74.2 Å². The van der Waals surface area contributed by atoms with Crippen molar-refractivity contribution in [3.63, 3.8) is 0 Å². The Morgan fingerprint density at radius 1 is 1.18 bits per heavy atom. The third kappa shape index (κ3) is 2.44. The normalized spacial score (nSPS) is 28.8. The second kappa shape index (κ2) is 4.53. The van der Waals surface area contributed by atoms with Crippen LogP contribution in [0.25, 0.3) is 0 Å². The molecule has 2 fully saturated rings. The van der Waals surface area contributed by atoms with E-state index in [2.05, 4.69) is 0 Å². The van der Waals surface area contributed by atoms with Crippen LogP contribution in [0.5, 0.6) is 0 Å². The maximum Gasteiger partial charge on any atom is 0.311 e. The monoisotopic (exact) mass is 246 g/mol. The molecule has 0 aromatic rings. The standard InChI is InChI=1S/C11H18O6/c1-8(9(12)13)10(2)16-6-11(7-17-10)14-4-3-5-15-11/h8H,3-7H2,1-2H3,(H,12,13).